The van der Waals surface area contributed by atoms with E-state index in [1.165, 1.54) is 12.1 Å². The Balaban J connectivity index is 1.89. The minimum Gasteiger partial charge on any atom is -0.494 e. The molecule has 1 atom stereocenters. The van der Waals surface area contributed by atoms with Crippen LogP contribution < -0.4 is 10.1 Å². The Labute approximate surface area is 157 Å². The minimum atomic E-state index is -3.46. The van der Waals surface area contributed by atoms with E-state index in [9.17, 15) is 14.7 Å². The highest BCUT2D eigenvalue weighted by atomic mass is 31.2. The Bertz CT molecular complexity index is 815. The molecule has 0 saturated carbocycles. The number of nitrogens with zero attached hydrogens (tertiary/aromatic N) is 1. The lowest BCUT2D eigenvalue weighted by molar-refractivity contribution is -0.384. The first-order chi connectivity index (χ1) is 13.0. The van der Waals surface area contributed by atoms with Gasteiger partial charge in [0.2, 0.25) is 0 Å². The number of hydrogen-bond donors (Lipinski definition) is 1. The zero-order valence-corrected chi connectivity index (χ0v) is 15.8. The van der Waals surface area contributed by atoms with E-state index in [1.54, 1.807) is 36.4 Å². The van der Waals surface area contributed by atoms with Gasteiger partial charge in [-0.1, -0.05) is 12.1 Å². The van der Waals surface area contributed by atoms with E-state index >= 15 is 0 Å². The van der Waals surface area contributed by atoms with Crippen molar-refractivity contribution in [2.45, 2.75) is 19.1 Å². The number of non-ortho nitro benzene ring substituents is 1. The molecule has 0 aromatic heterocycles. The van der Waals surface area contributed by atoms with E-state index in [0.717, 1.165) is 0 Å². The van der Waals surface area contributed by atoms with Crippen LogP contribution in [0, 0.1) is 10.1 Å². The van der Waals surface area contributed by atoms with E-state index in [4.69, 9.17) is 13.8 Å². The first-order valence-corrected chi connectivity index (χ1v) is 10.3. The van der Waals surface area contributed by atoms with Crippen LogP contribution >= 0.6 is 7.60 Å². The molecule has 2 aromatic rings. The van der Waals surface area contributed by atoms with Gasteiger partial charge < -0.3 is 19.1 Å². The quantitative estimate of drug-likeness (QED) is 0.413. The number of nitrogens with one attached hydrogen (secondary N) is 1. The van der Waals surface area contributed by atoms with Gasteiger partial charge in [-0.05, 0) is 43.2 Å². The highest BCUT2D eigenvalue weighted by molar-refractivity contribution is 7.54. The molecule has 27 heavy (non-hydrogen) atoms. The van der Waals surface area contributed by atoms with E-state index in [0.29, 0.717) is 43.2 Å². The number of benzene rings is 2. The lowest BCUT2D eigenvalue weighted by Crippen LogP contribution is -2.19. The summed E-state index contributed by atoms with van der Waals surface area (Å²) in [5, 5.41) is 14.0. The largest absolute Gasteiger partial charge is 0.494 e. The Morgan fingerprint density at radius 1 is 1.15 bits per heavy atom. The van der Waals surface area contributed by atoms with Gasteiger partial charge in [0.15, 0.2) is 5.78 Å². The molecule has 2 aromatic carbocycles. The van der Waals surface area contributed by atoms with Crippen molar-refractivity contribution in [2.24, 2.45) is 0 Å². The highest BCUT2D eigenvalue weighted by Crippen LogP contribution is 2.62. The van der Waals surface area contributed by atoms with Gasteiger partial charge in [0, 0.05) is 17.8 Å². The monoisotopic (exact) mass is 392 g/mol. The predicted molar refractivity (Wildman–Crippen MR) is 101 cm³/mol. The second-order valence-corrected chi connectivity index (χ2v) is 8.03. The molecule has 0 bridgehead atoms. The van der Waals surface area contributed by atoms with Crippen LogP contribution in [0.25, 0.3) is 0 Å². The fraction of sp³-hybridized carbons (Fsp3) is 0.333. The SMILES string of the molecule is CCOc1ccc([C@@H](Nc2ccc([N+](=O)[O-])cc2)P2(=O)OCCCO2)cc1. The normalized spacial score (nSPS) is 17.1. The molecule has 0 spiro atoms. The van der Waals surface area contributed by atoms with Gasteiger partial charge in [0.05, 0.1) is 24.7 Å². The summed E-state index contributed by atoms with van der Waals surface area (Å²) in [5.74, 6) is -0.0333. The Hall–Kier alpha value is -2.41. The van der Waals surface area contributed by atoms with Crippen molar-refractivity contribution in [1.29, 1.82) is 0 Å². The van der Waals surface area contributed by atoms with Gasteiger partial charge in [0.1, 0.15) is 5.75 Å². The molecule has 9 heteroatoms. The first kappa shape index (κ1) is 19.4. The summed E-state index contributed by atoms with van der Waals surface area (Å²) in [5.41, 5.74) is 1.27. The number of anilines is 1. The van der Waals surface area contributed by atoms with Crippen LogP contribution in [0.4, 0.5) is 11.4 Å². The maximum absolute atomic E-state index is 13.3. The molecule has 3 rings (SSSR count). The molecule has 0 aliphatic carbocycles. The standard InChI is InChI=1S/C18H21N2O6P/c1-2-24-17-10-4-14(5-11-17)18(27(23)25-12-3-13-26-27)19-15-6-8-16(9-7-15)20(21)22/h4-11,18-19H,2-3,12-13H2,1H3/t18-/m0/s1. The van der Waals surface area contributed by atoms with Gasteiger partial charge in [-0.25, -0.2) is 0 Å². The second-order valence-electron chi connectivity index (χ2n) is 5.91. The topological polar surface area (TPSA) is 99.9 Å². The Kier molecular flexibility index (Phi) is 6.11. The number of ether oxygens (including phenoxy) is 1. The third-order valence-corrected chi connectivity index (χ3v) is 6.18. The average Bonchev–Trinajstić information content (AvgIpc) is 2.68. The molecule has 1 aliphatic rings. The molecule has 0 radical (unpaired) electrons. The zero-order chi connectivity index (χ0) is 19.3. The van der Waals surface area contributed by atoms with Crippen LogP contribution in [-0.2, 0) is 13.6 Å². The van der Waals surface area contributed by atoms with E-state index in [-0.39, 0.29) is 5.69 Å². The third-order valence-electron chi connectivity index (χ3n) is 4.04. The molecule has 0 unspecified atom stereocenters. The molecule has 0 amide bonds. The van der Waals surface area contributed by atoms with Crippen LogP contribution in [0.15, 0.2) is 48.5 Å². The molecular weight excluding hydrogens is 371 g/mol. The van der Waals surface area contributed by atoms with Crippen molar-refractivity contribution in [3.63, 3.8) is 0 Å². The lowest BCUT2D eigenvalue weighted by atomic mass is 10.2. The highest BCUT2D eigenvalue weighted by Gasteiger charge is 2.39. The average molecular weight is 392 g/mol. The Morgan fingerprint density at radius 2 is 1.78 bits per heavy atom. The van der Waals surface area contributed by atoms with Crippen LogP contribution in [0.3, 0.4) is 0 Å². The molecule has 1 saturated heterocycles. The number of hydrogen-bond acceptors (Lipinski definition) is 7. The molecule has 8 nitrogen and oxygen atoms in total. The number of nitro benzene ring substituents is 1. The van der Waals surface area contributed by atoms with Crippen LogP contribution in [0.5, 0.6) is 5.75 Å². The summed E-state index contributed by atoms with van der Waals surface area (Å²) in [4.78, 5) is 10.4. The van der Waals surface area contributed by atoms with Gasteiger partial charge in [0.25, 0.3) is 5.69 Å². The van der Waals surface area contributed by atoms with Crippen molar-refractivity contribution in [2.75, 3.05) is 25.1 Å². The van der Waals surface area contributed by atoms with Gasteiger partial charge in [-0.3, -0.25) is 14.7 Å². The fourth-order valence-corrected chi connectivity index (χ4v) is 4.71. The summed E-state index contributed by atoms with van der Waals surface area (Å²) in [6.07, 6.45) is 0.678. The van der Waals surface area contributed by atoms with E-state index < -0.39 is 18.3 Å². The van der Waals surface area contributed by atoms with E-state index in [1.807, 2.05) is 6.92 Å². The third kappa shape index (κ3) is 4.66. The molecular formula is C18H21N2O6P. The molecule has 1 aliphatic heterocycles. The van der Waals surface area contributed by atoms with Gasteiger partial charge >= 0.3 is 7.60 Å². The minimum absolute atomic E-state index is 0.0185. The first-order valence-electron chi connectivity index (χ1n) is 8.64. The summed E-state index contributed by atoms with van der Waals surface area (Å²) in [7, 11) is -3.46. The van der Waals surface area contributed by atoms with Crippen LogP contribution in [-0.4, -0.2) is 24.7 Å². The summed E-state index contributed by atoms with van der Waals surface area (Å²) in [6, 6.07) is 13.1. The second kappa shape index (κ2) is 8.52. The lowest BCUT2D eigenvalue weighted by Gasteiger charge is -2.31. The smallest absolute Gasteiger partial charge is 0.357 e. The van der Waals surface area contributed by atoms with Gasteiger partial charge in [-0.15, -0.1) is 0 Å². The molecule has 1 heterocycles. The number of nitro groups is 1. The fourth-order valence-electron chi connectivity index (χ4n) is 2.72. The summed E-state index contributed by atoms with van der Waals surface area (Å²) in [6.45, 7) is 3.16. The maximum Gasteiger partial charge on any atom is 0.357 e. The zero-order valence-electron chi connectivity index (χ0n) is 14.9. The molecule has 1 N–H and O–H groups in total. The van der Waals surface area contributed by atoms with Gasteiger partial charge in [-0.2, -0.15) is 0 Å². The molecule has 144 valence electrons. The van der Waals surface area contributed by atoms with Crippen molar-refractivity contribution < 1.29 is 23.3 Å². The van der Waals surface area contributed by atoms with Crippen molar-refractivity contribution >= 4 is 19.0 Å². The number of rotatable bonds is 7. The molecule has 1 fully saturated rings. The Morgan fingerprint density at radius 3 is 2.33 bits per heavy atom. The summed E-state index contributed by atoms with van der Waals surface area (Å²) < 4.78 is 29.8. The maximum atomic E-state index is 13.3. The van der Waals surface area contributed by atoms with Crippen LogP contribution in [0.1, 0.15) is 24.7 Å². The predicted octanol–water partition coefficient (Wildman–Crippen LogP) is 4.73. The van der Waals surface area contributed by atoms with Crippen molar-refractivity contribution in [1.82, 2.24) is 0 Å². The van der Waals surface area contributed by atoms with Crippen molar-refractivity contribution in [3.8, 4) is 5.75 Å². The van der Waals surface area contributed by atoms with Crippen molar-refractivity contribution in [3.05, 3.63) is 64.2 Å². The van der Waals surface area contributed by atoms with E-state index in [2.05, 4.69) is 5.32 Å². The summed E-state index contributed by atoms with van der Waals surface area (Å²) >= 11 is 0. The van der Waals surface area contributed by atoms with Crippen LogP contribution in [0.2, 0.25) is 0 Å².